The molecule has 3 rings (SSSR count). The third-order valence-corrected chi connectivity index (χ3v) is 5.40. The summed E-state index contributed by atoms with van der Waals surface area (Å²) in [6, 6.07) is 25.6. The molecule has 3 aromatic carbocycles. The fourth-order valence-corrected chi connectivity index (χ4v) is 3.64. The molecule has 2 N–H and O–H groups in total. The minimum Gasteiger partial charge on any atom is -0.395 e. The van der Waals surface area contributed by atoms with Gasteiger partial charge in [-0.2, -0.15) is 0 Å². The summed E-state index contributed by atoms with van der Waals surface area (Å²) >= 11 is 6.03. The molecule has 0 saturated heterocycles. The van der Waals surface area contributed by atoms with E-state index in [1.54, 1.807) is 17.0 Å². The van der Waals surface area contributed by atoms with Crippen LogP contribution in [-0.2, 0) is 29.0 Å². The first-order valence-electron chi connectivity index (χ1n) is 10.6. The van der Waals surface area contributed by atoms with Crippen LogP contribution < -0.4 is 5.32 Å². The van der Waals surface area contributed by atoms with E-state index in [4.69, 9.17) is 11.6 Å². The Labute approximate surface area is 193 Å². The summed E-state index contributed by atoms with van der Waals surface area (Å²) < 4.78 is 0. The molecule has 0 saturated carbocycles. The number of halogens is 1. The van der Waals surface area contributed by atoms with Crippen LogP contribution in [0.2, 0.25) is 5.02 Å². The molecule has 1 atom stereocenters. The number of benzene rings is 3. The molecule has 166 valence electrons. The number of nitrogens with zero attached hydrogens (tertiary/aromatic N) is 1. The van der Waals surface area contributed by atoms with Crippen LogP contribution in [0.5, 0.6) is 0 Å². The van der Waals surface area contributed by atoms with Crippen molar-refractivity contribution in [2.75, 3.05) is 13.2 Å². The minimum absolute atomic E-state index is 0.131. The minimum atomic E-state index is -0.726. The maximum absolute atomic E-state index is 13.5. The fourth-order valence-electron chi connectivity index (χ4n) is 3.51. The van der Waals surface area contributed by atoms with E-state index < -0.39 is 6.04 Å². The van der Waals surface area contributed by atoms with Gasteiger partial charge in [0.05, 0.1) is 13.0 Å². The second-order valence-corrected chi connectivity index (χ2v) is 7.97. The number of rotatable bonds is 10. The summed E-state index contributed by atoms with van der Waals surface area (Å²) in [7, 11) is 0. The molecule has 3 aromatic rings. The molecule has 5 nitrogen and oxygen atoms in total. The van der Waals surface area contributed by atoms with Gasteiger partial charge in [0.15, 0.2) is 0 Å². The summed E-state index contributed by atoms with van der Waals surface area (Å²) in [6.45, 7) is 0.234. The van der Waals surface area contributed by atoms with Gasteiger partial charge in [-0.3, -0.25) is 9.59 Å². The Kier molecular flexibility index (Phi) is 8.84. The molecule has 0 fully saturated rings. The van der Waals surface area contributed by atoms with Gasteiger partial charge < -0.3 is 15.3 Å². The molecule has 0 unspecified atom stereocenters. The Morgan fingerprint density at radius 2 is 1.44 bits per heavy atom. The van der Waals surface area contributed by atoms with Gasteiger partial charge in [-0.1, -0.05) is 84.4 Å². The second kappa shape index (κ2) is 12.0. The predicted octanol–water partition coefficient (Wildman–Crippen LogP) is 3.63. The van der Waals surface area contributed by atoms with Crippen LogP contribution in [0.15, 0.2) is 84.9 Å². The van der Waals surface area contributed by atoms with Gasteiger partial charge in [-0.25, -0.2) is 0 Å². The lowest BCUT2D eigenvalue weighted by molar-refractivity contribution is -0.140. The number of carbonyl (C=O) groups is 2. The van der Waals surface area contributed by atoms with Gasteiger partial charge in [0.25, 0.3) is 0 Å². The van der Waals surface area contributed by atoms with Crippen LogP contribution in [0.4, 0.5) is 0 Å². The zero-order valence-electron chi connectivity index (χ0n) is 17.8. The van der Waals surface area contributed by atoms with E-state index in [1.165, 1.54) is 0 Å². The van der Waals surface area contributed by atoms with Crippen molar-refractivity contribution >= 4 is 23.4 Å². The molecule has 0 spiro atoms. The van der Waals surface area contributed by atoms with Crippen LogP contribution in [0.1, 0.15) is 16.7 Å². The lowest BCUT2D eigenvalue weighted by Crippen LogP contribution is -2.51. The fraction of sp³-hybridized carbons (Fsp3) is 0.231. The Morgan fingerprint density at radius 1 is 0.844 bits per heavy atom. The molecule has 0 aliphatic rings. The van der Waals surface area contributed by atoms with E-state index in [1.807, 2.05) is 72.8 Å². The predicted molar refractivity (Wildman–Crippen MR) is 126 cm³/mol. The van der Waals surface area contributed by atoms with Crippen molar-refractivity contribution in [1.82, 2.24) is 10.2 Å². The molecule has 32 heavy (non-hydrogen) atoms. The number of aliphatic hydroxyl groups excluding tert-OH is 1. The standard InChI is InChI=1S/C26H27ClN2O3/c27-23-13-11-22(12-14-23)19-29(25(31)18-21-9-5-2-6-10-21)24(26(32)28-15-16-30)17-20-7-3-1-4-8-20/h1-14,24,30H,15-19H2,(H,28,32)/t24-/m0/s1. The van der Waals surface area contributed by atoms with E-state index in [9.17, 15) is 14.7 Å². The first-order valence-corrected chi connectivity index (χ1v) is 10.9. The summed E-state index contributed by atoms with van der Waals surface area (Å²) in [6.07, 6.45) is 0.555. The maximum atomic E-state index is 13.5. The highest BCUT2D eigenvalue weighted by Crippen LogP contribution is 2.18. The Morgan fingerprint density at radius 3 is 2.03 bits per heavy atom. The summed E-state index contributed by atoms with van der Waals surface area (Å²) in [5, 5.41) is 12.5. The number of aliphatic hydroxyl groups is 1. The van der Waals surface area contributed by atoms with E-state index >= 15 is 0 Å². The van der Waals surface area contributed by atoms with Crippen molar-refractivity contribution in [2.45, 2.75) is 25.4 Å². The maximum Gasteiger partial charge on any atom is 0.243 e. The van der Waals surface area contributed by atoms with Crippen LogP contribution >= 0.6 is 11.6 Å². The molecule has 0 bridgehead atoms. The monoisotopic (exact) mass is 450 g/mol. The quantitative estimate of drug-likeness (QED) is 0.495. The summed E-state index contributed by atoms with van der Waals surface area (Å²) in [5.41, 5.74) is 2.71. The molecule has 0 aliphatic carbocycles. The van der Waals surface area contributed by atoms with Crippen LogP contribution in [-0.4, -0.2) is 41.0 Å². The molecule has 6 heteroatoms. The van der Waals surface area contributed by atoms with E-state index in [2.05, 4.69) is 5.32 Å². The first-order chi connectivity index (χ1) is 15.6. The highest BCUT2D eigenvalue weighted by Gasteiger charge is 2.30. The molecule has 0 aliphatic heterocycles. The van der Waals surface area contributed by atoms with Crippen molar-refractivity contribution in [3.8, 4) is 0 Å². The average molecular weight is 451 g/mol. The second-order valence-electron chi connectivity index (χ2n) is 7.53. The average Bonchev–Trinajstić information content (AvgIpc) is 2.82. The number of amides is 2. The van der Waals surface area contributed by atoms with Crippen molar-refractivity contribution in [3.05, 3.63) is 107 Å². The van der Waals surface area contributed by atoms with Gasteiger partial charge in [-0.15, -0.1) is 0 Å². The lowest BCUT2D eigenvalue weighted by Gasteiger charge is -2.31. The summed E-state index contributed by atoms with van der Waals surface area (Å²) in [4.78, 5) is 28.2. The normalized spacial score (nSPS) is 11.6. The molecule has 2 amide bonds. The van der Waals surface area contributed by atoms with E-state index in [-0.39, 0.29) is 37.9 Å². The number of nitrogens with one attached hydrogen (secondary N) is 1. The SMILES string of the molecule is O=C(NCCO)[C@H](Cc1ccccc1)N(Cc1ccc(Cl)cc1)C(=O)Cc1ccccc1. The van der Waals surface area contributed by atoms with Crippen LogP contribution in [0, 0.1) is 0 Å². The Hall–Kier alpha value is -3.15. The van der Waals surface area contributed by atoms with Crippen LogP contribution in [0.25, 0.3) is 0 Å². The van der Waals surface area contributed by atoms with Gasteiger partial charge in [0.2, 0.25) is 11.8 Å². The molecular formula is C26H27ClN2O3. The zero-order chi connectivity index (χ0) is 22.8. The Bertz CT molecular complexity index is 995. The first kappa shape index (κ1) is 23.5. The molecular weight excluding hydrogens is 424 g/mol. The van der Waals surface area contributed by atoms with Gasteiger partial charge >= 0.3 is 0 Å². The van der Waals surface area contributed by atoms with Crippen molar-refractivity contribution in [3.63, 3.8) is 0 Å². The number of hydrogen-bond acceptors (Lipinski definition) is 3. The highest BCUT2D eigenvalue weighted by atomic mass is 35.5. The van der Waals surface area contributed by atoms with Crippen molar-refractivity contribution in [2.24, 2.45) is 0 Å². The molecule has 0 heterocycles. The number of hydrogen-bond donors (Lipinski definition) is 2. The van der Waals surface area contributed by atoms with Gasteiger partial charge in [0.1, 0.15) is 6.04 Å². The lowest BCUT2D eigenvalue weighted by atomic mass is 10.0. The Balaban J connectivity index is 1.93. The largest absolute Gasteiger partial charge is 0.395 e. The summed E-state index contributed by atoms with van der Waals surface area (Å²) in [5.74, 6) is -0.440. The van der Waals surface area contributed by atoms with E-state index in [0.717, 1.165) is 16.7 Å². The topological polar surface area (TPSA) is 69.6 Å². The smallest absolute Gasteiger partial charge is 0.243 e. The van der Waals surface area contributed by atoms with Gasteiger partial charge in [-0.05, 0) is 28.8 Å². The van der Waals surface area contributed by atoms with Crippen molar-refractivity contribution < 1.29 is 14.7 Å². The van der Waals surface area contributed by atoms with E-state index in [0.29, 0.717) is 11.4 Å². The van der Waals surface area contributed by atoms with Crippen molar-refractivity contribution in [1.29, 1.82) is 0 Å². The molecule has 0 aromatic heterocycles. The third-order valence-electron chi connectivity index (χ3n) is 5.15. The van der Waals surface area contributed by atoms with Crippen LogP contribution in [0.3, 0.4) is 0 Å². The number of carbonyl (C=O) groups excluding carboxylic acids is 2. The third kappa shape index (κ3) is 6.94. The molecule has 0 radical (unpaired) electrons. The highest BCUT2D eigenvalue weighted by molar-refractivity contribution is 6.30. The zero-order valence-corrected chi connectivity index (χ0v) is 18.5. The van der Waals surface area contributed by atoms with Gasteiger partial charge in [0, 0.05) is 24.5 Å².